The molecule has 1 aromatic carbocycles. The summed E-state index contributed by atoms with van der Waals surface area (Å²) >= 11 is 6.23. The van der Waals surface area contributed by atoms with Crippen molar-refractivity contribution in [1.82, 2.24) is 5.32 Å². The van der Waals surface area contributed by atoms with Crippen LogP contribution in [-0.2, 0) is 6.42 Å². The molecule has 1 nitrogen and oxygen atoms in total. The minimum absolute atomic E-state index is 0.343. The Morgan fingerprint density at radius 3 is 3.12 bits per heavy atom. The molecule has 0 fully saturated rings. The fraction of sp³-hybridized carbons (Fsp3) is 0.429. The molecule has 0 aliphatic heterocycles. The second-order valence-electron chi connectivity index (χ2n) is 4.44. The van der Waals surface area contributed by atoms with Crippen molar-refractivity contribution in [3.63, 3.8) is 0 Å². The Kier molecular flexibility index (Phi) is 3.67. The van der Waals surface area contributed by atoms with Crippen LogP contribution in [0.15, 0.2) is 30.9 Å². The van der Waals surface area contributed by atoms with Crippen LogP contribution in [0.4, 0.5) is 0 Å². The third-order valence-corrected chi connectivity index (χ3v) is 3.62. The quantitative estimate of drug-likeness (QED) is 0.784. The predicted molar refractivity (Wildman–Crippen MR) is 69.9 cm³/mol. The molecule has 0 saturated heterocycles. The molecular formula is C14H18ClN. The van der Waals surface area contributed by atoms with Crippen LogP contribution in [0.1, 0.15) is 36.9 Å². The number of hydrogen-bond donors (Lipinski definition) is 1. The van der Waals surface area contributed by atoms with Gasteiger partial charge >= 0.3 is 0 Å². The molecule has 0 bridgehead atoms. The van der Waals surface area contributed by atoms with Gasteiger partial charge in [-0.1, -0.05) is 29.8 Å². The fourth-order valence-electron chi connectivity index (χ4n) is 2.36. The molecule has 16 heavy (non-hydrogen) atoms. The van der Waals surface area contributed by atoms with Crippen molar-refractivity contribution in [2.75, 3.05) is 0 Å². The van der Waals surface area contributed by atoms with E-state index >= 15 is 0 Å². The van der Waals surface area contributed by atoms with Crippen LogP contribution < -0.4 is 5.32 Å². The number of halogens is 1. The summed E-state index contributed by atoms with van der Waals surface area (Å²) in [6.07, 6.45) is 5.44. The summed E-state index contributed by atoms with van der Waals surface area (Å²) in [5, 5.41) is 4.49. The maximum absolute atomic E-state index is 6.23. The van der Waals surface area contributed by atoms with Crippen LogP contribution in [0.3, 0.4) is 0 Å². The van der Waals surface area contributed by atoms with Crippen LogP contribution >= 0.6 is 11.6 Å². The van der Waals surface area contributed by atoms with Gasteiger partial charge in [0, 0.05) is 17.1 Å². The first-order valence-electron chi connectivity index (χ1n) is 5.88. The fourth-order valence-corrected chi connectivity index (χ4v) is 2.64. The smallest absolute Gasteiger partial charge is 0.0441 e. The van der Waals surface area contributed by atoms with E-state index in [0.717, 1.165) is 11.4 Å². The molecule has 2 unspecified atom stereocenters. The zero-order chi connectivity index (χ0) is 11.5. The molecule has 1 aromatic rings. The molecule has 2 heteroatoms. The van der Waals surface area contributed by atoms with Gasteiger partial charge in [0.1, 0.15) is 0 Å². The maximum atomic E-state index is 6.23. The van der Waals surface area contributed by atoms with E-state index < -0.39 is 0 Å². The highest BCUT2D eigenvalue weighted by Gasteiger charge is 2.21. The monoisotopic (exact) mass is 235 g/mol. The number of benzene rings is 1. The van der Waals surface area contributed by atoms with Gasteiger partial charge in [-0.25, -0.2) is 0 Å². The highest BCUT2D eigenvalue weighted by molar-refractivity contribution is 6.31. The van der Waals surface area contributed by atoms with E-state index in [2.05, 4.69) is 24.9 Å². The van der Waals surface area contributed by atoms with E-state index in [1.807, 2.05) is 18.2 Å². The molecular weight excluding hydrogens is 218 g/mol. The van der Waals surface area contributed by atoms with Crippen molar-refractivity contribution < 1.29 is 0 Å². The Hall–Kier alpha value is -0.790. The summed E-state index contributed by atoms with van der Waals surface area (Å²) in [4.78, 5) is 0. The van der Waals surface area contributed by atoms with Gasteiger partial charge in [0.15, 0.2) is 0 Å². The normalized spacial score (nSPS) is 21.2. The Morgan fingerprint density at radius 2 is 2.38 bits per heavy atom. The third-order valence-electron chi connectivity index (χ3n) is 3.27. The van der Waals surface area contributed by atoms with E-state index in [9.17, 15) is 0 Å². The van der Waals surface area contributed by atoms with Crippen LogP contribution in [0.2, 0.25) is 5.02 Å². The van der Waals surface area contributed by atoms with E-state index in [4.69, 9.17) is 11.6 Å². The zero-order valence-corrected chi connectivity index (χ0v) is 10.4. The number of nitrogens with one attached hydrogen (secondary N) is 1. The average Bonchev–Trinajstić information content (AvgIpc) is 2.30. The first kappa shape index (κ1) is 11.7. The molecule has 0 aromatic heterocycles. The van der Waals surface area contributed by atoms with Gasteiger partial charge in [-0.15, -0.1) is 6.58 Å². The largest absolute Gasteiger partial charge is 0.304 e. The minimum atomic E-state index is 0.343. The Morgan fingerprint density at radius 1 is 1.56 bits per heavy atom. The van der Waals surface area contributed by atoms with Gasteiger partial charge in [0.2, 0.25) is 0 Å². The lowest BCUT2D eigenvalue weighted by molar-refractivity contribution is 0.440. The van der Waals surface area contributed by atoms with Crippen LogP contribution in [-0.4, -0.2) is 6.04 Å². The predicted octanol–water partition coefficient (Wildman–Crippen LogP) is 3.88. The summed E-state index contributed by atoms with van der Waals surface area (Å²) < 4.78 is 0. The Bertz CT molecular complexity index is 386. The van der Waals surface area contributed by atoms with Crippen molar-refractivity contribution in [3.8, 4) is 0 Å². The van der Waals surface area contributed by atoms with Crippen molar-refractivity contribution in [3.05, 3.63) is 47.0 Å². The minimum Gasteiger partial charge on any atom is -0.304 e. The van der Waals surface area contributed by atoms with Gasteiger partial charge in [-0.2, -0.15) is 0 Å². The van der Waals surface area contributed by atoms with Crippen molar-refractivity contribution in [1.29, 1.82) is 0 Å². The van der Waals surface area contributed by atoms with Gasteiger partial charge in [0.05, 0.1) is 0 Å². The zero-order valence-electron chi connectivity index (χ0n) is 9.67. The molecule has 0 heterocycles. The number of fused-ring (bicyclic) bond motifs is 1. The second-order valence-corrected chi connectivity index (χ2v) is 4.85. The first-order valence-corrected chi connectivity index (χ1v) is 6.26. The molecule has 86 valence electrons. The lowest BCUT2D eigenvalue weighted by Gasteiger charge is -2.29. The average molecular weight is 236 g/mol. The SMILES string of the molecule is C=CC(C)NC1CCCc2c(Cl)cccc21. The van der Waals surface area contributed by atoms with Gasteiger partial charge < -0.3 is 5.32 Å². The lowest BCUT2D eigenvalue weighted by atomic mass is 9.87. The summed E-state index contributed by atoms with van der Waals surface area (Å²) in [6.45, 7) is 5.94. The molecule has 0 saturated carbocycles. The van der Waals surface area contributed by atoms with Crippen LogP contribution in [0, 0.1) is 0 Å². The maximum Gasteiger partial charge on any atom is 0.0441 e. The topological polar surface area (TPSA) is 12.0 Å². The molecule has 0 amide bonds. The van der Waals surface area contributed by atoms with Crippen LogP contribution in [0.25, 0.3) is 0 Å². The van der Waals surface area contributed by atoms with E-state index in [-0.39, 0.29) is 0 Å². The van der Waals surface area contributed by atoms with Gasteiger partial charge in [-0.05, 0) is 43.4 Å². The van der Waals surface area contributed by atoms with E-state index in [1.165, 1.54) is 24.0 Å². The number of hydrogen-bond acceptors (Lipinski definition) is 1. The second kappa shape index (κ2) is 5.03. The van der Waals surface area contributed by atoms with E-state index in [0.29, 0.717) is 12.1 Å². The summed E-state index contributed by atoms with van der Waals surface area (Å²) in [5.41, 5.74) is 2.69. The highest BCUT2D eigenvalue weighted by atomic mass is 35.5. The summed E-state index contributed by atoms with van der Waals surface area (Å²) in [5.74, 6) is 0. The van der Waals surface area contributed by atoms with Gasteiger partial charge in [0.25, 0.3) is 0 Å². The summed E-state index contributed by atoms with van der Waals surface area (Å²) in [6, 6.07) is 6.98. The lowest BCUT2D eigenvalue weighted by Crippen LogP contribution is -2.31. The molecule has 1 N–H and O–H groups in total. The molecule has 0 radical (unpaired) electrons. The number of rotatable bonds is 3. The molecule has 2 rings (SSSR count). The Balaban J connectivity index is 2.26. The van der Waals surface area contributed by atoms with E-state index in [1.54, 1.807) is 0 Å². The van der Waals surface area contributed by atoms with Crippen molar-refractivity contribution in [2.45, 2.75) is 38.3 Å². The molecule has 1 aliphatic rings. The molecule has 1 aliphatic carbocycles. The highest BCUT2D eigenvalue weighted by Crippen LogP contribution is 2.34. The first-order chi connectivity index (χ1) is 7.72. The Labute approximate surface area is 103 Å². The molecule has 2 atom stereocenters. The van der Waals surface area contributed by atoms with Crippen LogP contribution in [0.5, 0.6) is 0 Å². The van der Waals surface area contributed by atoms with Crippen molar-refractivity contribution in [2.24, 2.45) is 0 Å². The third kappa shape index (κ3) is 2.31. The van der Waals surface area contributed by atoms with Gasteiger partial charge in [-0.3, -0.25) is 0 Å². The molecule has 0 spiro atoms. The summed E-state index contributed by atoms with van der Waals surface area (Å²) in [7, 11) is 0. The van der Waals surface area contributed by atoms with Crippen molar-refractivity contribution >= 4 is 11.6 Å². The standard InChI is InChI=1S/C14H18ClN/c1-3-10(2)16-14-9-5-6-11-12(14)7-4-8-13(11)15/h3-4,7-8,10,14,16H,1,5-6,9H2,2H3.